The highest BCUT2D eigenvalue weighted by atomic mass is 79.9. The first-order valence-corrected chi connectivity index (χ1v) is 7.48. The Balaban J connectivity index is 2.34. The maximum absolute atomic E-state index is 12.6. The van der Waals surface area contributed by atoms with Crippen LogP contribution in [0.15, 0.2) is 35.1 Å². The monoisotopic (exact) mass is 388 g/mol. The van der Waals surface area contributed by atoms with Gasteiger partial charge in [0.1, 0.15) is 11.4 Å². The second-order valence-corrected chi connectivity index (χ2v) is 6.50. The van der Waals surface area contributed by atoms with E-state index in [1.54, 1.807) is 39.0 Å². The van der Waals surface area contributed by atoms with Crippen molar-refractivity contribution in [2.24, 2.45) is 0 Å². The first-order chi connectivity index (χ1) is 10.7. The first-order valence-electron chi connectivity index (χ1n) is 6.69. The standard InChI is InChI=1S/C15H15BrF2N2O3/c1-15(2,3)23-14(21)20-8-9(7-19-20)10-5-4-6-11(16)12(10)22-13(17)18/h4-8,13H,1-3H3. The number of hydrogen-bond donors (Lipinski definition) is 0. The van der Waals surface area contributed by atoms with Gasteiger partial charge in [-0.1, -0.05) is 12.1 Å². The van der Waals surface area contributed by atoms with E-state index in [9.17, 15) is 13.6 Å². The largest absolute Gasteiger partial charge is 0.442 e. The zero-order valence-corrected chi connectivity index (χ0v) is 14.3. The zero-order chi connectivity index (χ0) is 17.2. The zero-order valence-electron chi connectivity index (χ0n) is 12.7. The summed E-state index contributed by atoms with van der Waals surface area (Å²) in [5, 5.41) is 3.91. The van der Waals surface area contributed by atoms with Crippen LogP contribution in [0.2, 0.25) is 0 Å². The van der Waals surface area contributed by atoms with E-state index in [0.29, 0.717) is 15.6 Å². The molecule has 2 aromatic rings. The molecule has 0 aliphatic carbocycles. The van der Waals surface area contributed by atoms with Gasteiger partial charge in [-0.15, -0.1) is 0 Å². The number of carbonyl (C=O) groups excluding carboxylic acids is 1. The Morgan fingerprint density at radius 3 is 2.65 bits per heavy atom. The molecule has 0 atom stereocenters. The van der Waals surface area contributed by atoms with Crippen molar-refractivity contribution in [3.63, 3.8) is 0 Å². The van der Waals surface area contributed by atoms with E-state index in [0.717, 1.165) is 4.68 Å². The Morgan fingerprint density at radius 2 is 2.04 bits per heavy atom. The summed E-state index contributed by atoms with van der Waals surface area (Å²) in [7, 11) is 0. The van der Waals surface area contributed by atoms with Gasteiger partial charge in [0.2, 0.25) is 0 Å². The van der Waals surface area contributed by atoms with E-state index < -0.39 is 18.3 Å². The highest BCUT2D eigenvalue weighted by Crippen LogP contribution is 2.37. The van der Waals surface area contributed by atoms with Gasteiger partial charge in [-0.2, -0.15) is 18.6 Å². The Labute approximate surface area is 140 Å². The van der Waals surface area contributed by atoms with E-state index in [1.165, 1.54) is 12.4 Å². The van der Waals surface area contributed by atoms with Crippen molar-refractivity contribution in [2.75, 3.05) is 0 Å². The van der Waals surface area contributed by atoms with Crippen LogP contribution in [0.4, 0.5) is 13.6 Å². The first kappa shape index (κ1) is 17.4. The molecule has 23 heavy (non-hydrogen) atoms. The number of alkyl halides is 2. The third-order valence-corrected chi connectivity index (χ3v) is 3.27. The van der Waals surface area contributed by atoms with Crippen LogP contribution in [-0.2, 0) is 4.74 Å². The minimum Gasteiger partial charge on any atom is -0.442 e. The second kappa shape index (κ2) is 6.66. The van der Waals surface area contributed by atoms with Crippen molar-refractivity contribution in [1.82, 2.24) is 9.78 Å². The van der Waals surface area contributed by atoms with Crippen molar-refractivity contribution in [3.8, 4) is 16.9 Å². The Morgan fingerprint density at radius 1 is 1.35 bits per heavy atom. The maximum atomic E-state index is 12.6. The summed E-state index contributed by atoms with van der Waals surface area (Å²) >= 11 is 3.17. The number of para-hydroxylation sites is 1. The molecule has 1 aromatic carbocycles. The topological polar surface area (TPSA) is 53.4 Å². The van der Waals surface area contributed by atoms with E-state index in [-0.39, 0.29) is 5.75 Å². The van der Waals surface area contributed by atoms with Crippen LogP contribution >= 0.6 is 15.9 Å². The highest BCUT2D eigenvalue weighted by molar-refractivity contribution is 9.10. The van der Waals surface area contributed by atoms with Crippen LogP contribution < -0.4 is 4.74 Å². The predicted octanol–water partition coefficient (Wildman–Crippen LogP) is 4.70. The quantitative estimate of drug-likeness (QED) is 0.764. The minimum absolute atomic E-state index is 0.0220. The fourth-order valence-electron chi connectivity index (χ4n) is 1.82. The lowest BCUT2D eigenvalue weighted by Gasteiger charge is -2.18. The number of hydrogen-bond acceptors (Lipinski definition) is 4. The van der Waals surface area contributed by atoms with Gasteiger partial charge in [-0.3, -0.25) is 0 Å². The predicted molar refractivity (Wildman–Crippen MR) is 83.6 cm³/mol. The molecule has 5 nitrogen and oxygen atoms in total. The average Bonchev–Trinajstić information content (AvgIpc) is 2.88. The van der Waals surface area contributed by atoms with Gasteiger partial charge in [-0.05, 0) is 42.8 Å². The number of halogens is 3. The molecule has 1 aromatic heterocycles. The normalized spacial score (nSPS) is 11.6. The lowest BCUT2D eigenvalue weighted by Crippen LogP contribution is -2.27. The lowest BCUT2D eigenvalue weighted by molar-refractivity contribution is -0.0499. The van der Waals surface area contributed by atoms with E-state index in [4.69, 9.17) is 4.74 Å². The number of rotatable bonds is 3. The molecule has 0 N–H and O–H groups in total. The maximum Gasteiger partial charge on any atom is 0.435 e. The average molecular weight is 389 g/mol. The van der Waals surface area contributed by atoms with Crippen LogP contribution in [0.1, 0.15) is 20.8 Å². The molecule has 1 heterocycles. The molecule has 124 valence electrons. The van der Waals surface area contributed by atoms with Crippen LogP contribution in [-0.4, -0.2) is 28.1 Å². The fourth-order valence-corrected chi connectivity index (χ4v) is 2.28. The van der Waals surface area contributed by atoms with Crippen LogP contribution in [0.25, 0.3) is 11.1 Å². The van der Waals surface area contributed by atoms with Crippen molar-refractivity contribution >= 4 is 22.0 Å². The van der Waals surface area contributed by atoms with Crippen molar-refractivity contribution < 1.29 is 23.0 Å². The Kier molecular flexibility index (Phi) is 5.03. The van der Waals surface area contributed by atoms with Gasteiger partial charge in [0.05, 0.1) is 10.7 Å². The molecule has 0 spiro atoms. The third kappa shape index (κ3) is 4.51. The molecule has 0 saturated carbocycles. The van der Waals surface area contributed by atoms with Crippen LogP contribution in [0, 0.1) is 0 Å². The number of nitrogens with zero attached hydrogens (tertiary/aromatic N) is 2. The summed E-state index contributed by atoms with van der Waals surface area (Å²) in [6, 6.07) is 4.85. The van der Waals surface area contributed by atoms with E-state index >= 15 is 0 Å². The number of benzene rings is 1. The van der Waals surface area contributed by atoms with Gasteiger partial charge < -0.3 is 9.47 Å². The van der Waals surface area contributed by atoms with E-state index in [1.807, 2.05) is 0 Å². The Bertz CT molecular complexity index is 711. The summed E-state index contributed by atoms with van der Waals surface area (Å²) in [6.45, 7) is 2.24. The minimum atomic E-state index is -2.96. The smallest absolute Gasteiger partial charge is 0.435 e. The Hall–Kier alpha value is -1.96. The summed E-state index contributed by atoms with van der Waals surface area (Å²) in [4.78, 5) is 12.0. The second-order valence-electron chi connectivity index (χ2n) is 5.65. The summed E-state index contributed by atoms with van der Waals surface area (Å²) in [5.41, 5.74) is 0.172. The summed E-state index contributed by atoms with van der Waals surface area (Å²) in [6.07, 6.45) is 2.12. The molecule has 0 radical (unpaired) electrons. The summed E-state index contributed by atoms with van der Waals surface area (Å²) < 4.78 is 36.3. The molecule has 8 heteroatoms. The molecular formula is C15H15BrF2N2O3. The molecule has 0 fully saturated rings. The number of ether oxygens (including phenoxy) is 2. The van der Waals surface area contributed by atoms with E-state index in [2.05, 4.69) is 25.8 Å². The molecule has 0 aliphatic heterocycles. The molecule has 2 rings (SSSR count). The fraction of sp³-hybridized carbons (Fsp3) is 0.333. The molecule has 0 bridgehead atoms. The SMILES string of the molecule is CC(C)(C)OC(=O)n1cc(-c2cccc(Br)c2OC(F)F)cn1. The summed E-state index contributed by atoms with van der Waals surface area (Å²) in [5.74, 6) is -0.0220. The van der Waals surface area contributed by atoms with Crippen LogP contribution in [0.3, 0.4) is 0 Å². The van der Waals surface area contributed by atoms with Gasteiger partial charge in [0.15, 0.2) is 0 Å². The van der Waals surface area contributed by atoms with Gasteiger partial charge in [0, 0.05) is 17.3 Å². The number of aromatic nitrogens is 2. The van der Waals surface area contributed by atoms with Gasteiger partial charge in [-0.25, -0.2) is 4.79 Å². The highest BCUT2D eigenvalue weighted by Gasteiger charge is 2.20. The third-order valence-electron chi connectivity index (χ3n) is 2.65. The molecule has 0 unspecified atom stereocenters. The number of carbonyl (C=O) groups is 1. The van der Waals surface area contributed by atoms with Gasteiger partial charge >= 0.3 is 12.7 Å². The van der Waals surface area contributed by atoms with Crippen LogP contribution in [0.5, 0.6) is 5.75 Å². The molecule has 0 amide bonds. The molecule has 0 aliphatic rings. The molecule has 0 saturated heterocycles. The van der Waals surface area contributed by atoms with Crippen molar-refractivity contribution in [2.45, 2.75) is 33.0 Å². The lowest BCUT2D eigenvalue weighted by atomic mass is 10.1. The van der Waals surface area contributed by atoms with Gasteiger partial charge in [0.25, 0.3) is 0 Å². The van der Waals surface area contributed by atoms with Crippen molar-refractivity contribution in [3.05, 3.63) is 35.1 Å². The molecular weight excluding hydrogens is 374 g/mol. The van der Waals surface area contributed by atoms with Crippen molar-refractivity contribution in [1.29, 1.82) is 0 Å².